The van der Waals surface area contributed by atoms with Crippen LogP contribution in [-0.4, -0.2) is 26.7 Å². The Morgan fingerprint density at radius 2 is 2.19 bits per heavy atom. The highest BCUT2D eigenvalue weighted by Crippen LogP contribution is 2.17. The van der Waals surface area contributed by atoms with Crippen LogP contribution in [0.5, 0.6) is 0 Å². The molecule has 16 heavy (non-hydrogen) atoms. The monoisotopic (exact) mass is 241 g/mol. The highest BCUT2D eigenvalue weighted by atomic mass is 32.2. The van der Waals surface area contributed by atoms with Gasteiger partial charge in [0.15, 0.2) is 0 Å². The summed E-state index contributed by atoms with van der Waals surface area (Å²) >= 11 is 0. The third-order valence-electron chi connectivity index (χ3n) is 1.82. The SMILES string of the molecule is N#Cc1cc(N)ccc1S(=O)(=O)NCCO. The van der Waals surface area contributed by atoms with E-state index in [0.29, 0.717) is 5.69 Å². The number of nitrogen functional groups attached to an aromatic ring is 1. The van der Waals surface area contributed by atoms with Gasteiger partial charge in [0.1, 0.15) is 6.07 Å². The van der Waals surface area contributed by atoms with Gasteiger partial charge in [0.25, 0.3) is 0 Å². The summed E-state index contributed by atoms with van der Waals surface area (Å²) in [5.41, 5.74) is 5.73. The van der Waals surface area contributed by atoms with E-state index in [0.717, 1.165) is 0 Å². The van der Waals surface area contributed by atoms with Gasteiger partial charge in [0.05, 0.1) is 17.1 Å². The van der Waals surface area contributed by atoms with Crippen LogP contribution < -0.4 is 10.5 Å². The molecular formula is C9H11N3O3S. The number of hydrogen-bond acceptors (Lipinski definition) is 5. The number of hydrogen-bond donors (Lipinski definition) is 3. The molecule has 0 unspecified atom stereocenters. The molecule has 0 radical (unpaired) electrons. The molecule has 1 aromatic rings. The third kappa shape index (κ3) is 2.70. The van der Waals surface area contributed by atoms with Crippen molar-refractivity contribution < 1.29 is 13.5 Å². The van der Waals surface area contributed by atoms with Crippen LogP contribution in [0, 0.1) is 11.3 Å². The van der Waals surface area contributed by atoms with Crippen molar-refractivity contribution in [2.24, 2.45) is 0 Å². The predicted octanol–water partition coefficient (Wildman–Crippen LogP) is -0.589. The number of anilines is 1. The number of nitriles is 1. The van der Waals surface area contributed by atoms with Crippen molar-refractivity contribution in [2.75, 3.05) is 18.9 Å². The van der Waals surface area contributed by atoms with E-state index < -0.39 is 10.0 Å². The van der Waals surface area contributed by atoms with Crippen LogP contribution in [-0.2, 0) is 10.0 Å². The molecule has 1 rings (SSSR count). The zero-order valence-corrected chi connectivity index (χ0v) is 9.16. The molecule has 0 amide bonds. The molecule has 6 nitrogen and oxygen atoms in total. The Kier molecular flexibility index (Phi) is 3.84. The molecule has 0 aromatic heterocycles. The van der Waals surface area contributed by atoms with E-state index >= 15 is 0 Å². The lowest BCUT2D eigenvalue weighted by molar-refractivity contribution is 0.301. The van der Waals surface area contributed by atoms with Crippen LogP contribution in [0.4, 0.5) is 5.69 Å². The molecule has 0 bridgehead atoms. The Bertz CT molecular complexity index is 519. The molecule has 0 heterocycles. The summed E-state index contributed by atoms with van der Waals surface area (Å²) in [5, 5.41) is 17.3. The Morgan fingerprint density at radius 1 is 1.50 bits per heavy atom. The van der Waals surface area contributed by atoms with E-state index in [1.807, 2.05) is 0 Å². The standard InChI is InChI=1S/C9H11N3O3S/c10-6-7-5-8(11)1-2-9(7)16(14,15)12-3-4-13/h1-2,5,12-13H,3-4,11H2. The van der Waals surface area contributed by atoms with Gasteiger partial charge in [-0.3, -0.25) is 0 Å². The molecule has 4 N–H and O–H groups in total. The molecule has 0 aliphatic carbocycles. The fraction of sp³-hybridized carbons (Fsp3) is 0.222. The van der Waals surface area contributed by atoms with Crippen LogP contribution in [0.3, 0.4) is 0 Å². The minimum Gasteiger partial charge on any atom is -0.399 e. The van der Waals surface area contributed by atoms with Crippen molar-refractivity contribution in [2.45, 2.75) is 4.90 Å². The number of sulfonamides is 1. The van der Waals surface area contributed by atoms with E-state index in [2.05, 4.69) is 4.72 Å². The number of nitrogens with zero attached hydrogens (tertiary/aromatic N) is 1. The Hall–Kier alpha value is -1.62. The molecular weight excluding hydrogens is 230 g/mol. The smallest absolute Gasteiger partial charge is 0.241 e. The second kappa shape index (κ2) is 4.94. The number of aliphatic hydroxyl groups is 1. The van der Waals surface area contributed by atoms with Crippen LogP contribution in [0.15, 0.2) is 23.1 Å². The van der Waals surface area contributed by atoms with Gasteiger partial charge in [-0.1, -0.05) is 0 Å². The number of nitrogens with two attached hydrogens (primary N) is 1. The first-order chi connectivity index (χ1) is 7.51. The summed E-state index contributed by atoms with van der Waals surface area (Å²) in [5.74, 6) is 0. The van der Waals surface area contributed by atoms with Gasteiger partial charge >= 0.3 is 0 Å². The molecule has 1 aromatic carbocycles. The number of rotatable bonds is 4. The van der Waals surface area contributed by atoms with Gasteiger partial charge in [-0.25, -0.2) is 13.1 Å². The minimum absolute atomic E-state index is 0.0227. The maximum Gasteiger partial charge on any atom is 0.241 e. The number of benzene rings is 1. The average molecular weight is 241 g/mol. The van der Waals surface area contributed by atoms with Crippen LogP contribution in [0.1, 0.15) is 5.56 Å². The highest BCUT2D eigenvalue weighted by molar-refractivity contribution is 7.89. The van der Waals surface area contributed by atoms with Gasteiger partial charge in [-0.2, -0.15) is 5.26 Å². The lowest BCUT2D eigenvalue weighted by Crippen LogP contribution is -2.27. The van der Waals surface area contributed by atoms with Crippen molar-refractivity contribution in [3.63, 3.8) is 0 Å². The van der Waals surface area contributed by atoms with Gasteiger partial charge < -0.3 is 10.8 Å². The summed E-state index contributed by atoms with van der Waals surface area (Å²) in [4.78, 5) is -0.141. The highest BCUT2D eigenvalue weighted by Gasteiger charge is 2.17. The van der Waals surface area contributed by atoms with Gasteiger partial charge in [0.2, 0.25) is 10.0 Å². The van der Waals surface area contributed by atoms with Crippen molar-refractivity contribution >= 4 is 15.7 Å². The summed E-state index contributed by atoms with van der Waals surface area (Å²) in [7, 11) is -3.77. The van der Waals surface area contributed by atoms with Crippen LogP contribution in [0.25, 0.3) is 0 Å². The first-order valence-electron chi connectivity index (χ1n) is 4.41. The second-order valence-electron chi connectivity index (χ2n) is 2.99. The van der Waals surface area contributed by atoms with Crippen molar-refractivity contribution in [3.05, 3.63) is 23.8 Å². The molecule has 0 saturated carbocycles. The maximum absolute atomic E-state index is 11.7. The second-order valence-corrected chi connectivity index (χ2v) is 4.72. The number of nitrogens with one attached hydrogen (secondary N) is 1. The van der Waals surface area contributed by atoms with Gasteiger partial charge in [-0.15, -0.1) is 0 Å². The largest absolute Gasteiger partial charge is 0.399 e. The minimum atomic E-state index is -3.77. The lowest BCUT2D eigenvalue weighted by Gasteiger charge is -2.07. The van der Waals surface area contributed by atoms with E-state index in [9.17, 15) is 8.42 Å². The fourth-order valence-electron chi connectivity index (χ4n) is 1.13. The van der Waals surface area contributed by atoms with Crippen molar-refractivity contribution in [3.8, 4) is 6.07 Å². The normalized spacial score (nSPS) is 11.0. The number of aliphatic hydroxyl groups excluding tert-OH is 1. The van der Waals surface area contributed by atoms with E-state index in [4.69, 9.17) is 16.1 Å². The van der Waals surface area contributed by atoms with Gasteiger partial charge in [0, 0.05) is 12.2 Å². The topological polar surface area (TPSA) is 116 Å². The molecule has 7 heteroatoms. The molecule has 0 fully saturated rings. The molecule has 0 aliphatic heterocycles. The lowest BCUT2D eigenvalue weighted by atomic mass is 10.2. The molecule has 0 aliphatic rings. The maximum atomic E-state index is 11.7. The molecule has 0 spiro atoms. The Morgan fingerprint density at radius 3 is 2.75 bits per heavy atom. The first-order valence-corrected chi connectivity index (χ1v) is 5.89. The summed E-state index contributed by atoms with van der Waals surface area (Å²) in [6, 6.07) is 5.70. The predicted molar refractivity (Wildman–Crippen MR) is 57.8 cm³/mol. The molecule has 86 valence electrons. The fourth-order valence-corrected chi connectivity index (χ4v) is 2.28. The third-order valence-corrected chi connectivity index (χ3v) is 3.34. The summed E-state index contributed by atoms with van der Waals surface area (Å²) < 4.78 is 25.5. The quantitative estimate of drug-likeness (QED) is 0.609. The van der Waals surface area contributed by atoms with E-state index in [-0.39, 0.29) is 23.6 Å². The molecule has 0 atom stereocenters. The zero-order valence-electron chi connectivity index (χ0n) is 8.34. The van der Waals surface area contributed by atoms with Crippen LogP contribution in [0.2, 0.25) is 0 Å². The Labute approximate surface area is 93.4 Å². The average Bonchev–Trinajstić information content (AvgIpc) is 2.26. The van der Waals surface area contributed by atoms with E-state index in [1.54, 1.807) is 6.07 Å². The summed E-state index contributed by atoms with van der Waals surface area (Å²) in [6.07, 6.45) is 0. The van der Waals surface area contributed by atoms with E-state index in [1.165, 1.54) is 18.2 Å². The first kappa shape index (κ1) is 12.4. The Balaban J connectivity index is 3.19. The van der Waals surface area contributed by atoms with Crippen LogP contribution >= 0.6 is 0 Å². The molecule has 0 saturated heterocycles. The van der Waals surface area contributed by atoms with Crippen molar-refractivity contribution in [1.29, 1.82) is 5.26 Å². The zero-order chi connectivity index (χ0) is 12.2. The summed E-state index contributed by atoms with van der Waals surface area (Å²) in [6.45, 7) is -0.409. The van der Waals surface area contributed by atoms with Crippen molar-refractivity contribution in [1.82, 2.24) is 4.72 Å². The van der Waals surface area contributed by atoms with Gasteiger partial charge in [-0.05, 0) is 18.2 Å².